The number of primary sulfonamides is 1. The number of anilines is 1. The summed E-state index contributed by atoms with van der Waals surface area (Å²) in [5.74, 6) is -0.178. The summed E-state index contributed by atoms with van der Waals surface area (Å²) in [4.78, 5) is 15.5. The van der Waals surface area contributed by atoms with Crippen molar-refractivity contribution in [3.63, 3.8) is 0 Å². The third kappa shape index (κ3) is 2.94. The van der Waals surface area contributed by atoms with E-state index >= 15 is 0 Å². The molecule has 20 heavy (non-hydrogen) atoms. The lowest BCUT2D eigenvalue weighted by Gasteiger charge is -2.20. The molecule has 2 N–H and O–H groups in total. The molecule has 1 aromatic rings. The van der Waals surface area contributed by atoms with Gasteiger partial charge in [0, 0.05) is 32.7 Å². The summed E-state index contributed by atoms with van der Waals surface area (Å²) in [6, 6.07) is 4.86. The molecule has 0 unspecified atom stereocenters. The molecule has 0 saturated heterocycles. The van der Waals surface area contributed by atoms with Gasteiger partial charge in [-0.1, -0.05) is 0 Å². The Balaban J connectivity index is 2.44. The predicted molar refractivity (Wildman–Crippen MR) is 77.3 cm³/mol. The second-order valence-corrected chi connectivity index (χ2v) is 6.80. The molecule has 0 atom stereocenters. The molecule has 0 aliphatic heterocycles. The minimum atomic E-state index is -3.88. The zero-order chi connectivity index (χ0) is 15.1. The fourth-order valence-corrected chi connectivity index (χ4v) is 2.91. The predicted octanol–water partition coefficient (Wildman–Crippen LogP) is 0.634. The molecule has 1 aliphatic rings. The molecular formula is C13H19N3O3S. The highest BCUT2D eigenvalue weighted by Crippen LogP contribution is 2.29. The standard InChI is InChI=1S/C13H19N3O3S/c1-15(2)11-7-4-9(8-12(11)20(14,18)19)13(17)16(3)10-5-6-10/h4,7-8,10H,5-6H2,1-3H3,(H2,14,18,19). The number of hydrogen-bond donors (Lipinski definition) is 1. The van der Waals surface area contributed by atoms with E-state index in [-0.39, 0.29) is 16.8 Å². The molecule has 0 radical (unpaired) electrons. The Kier molecular flexibility index (Phi) is 3.75. The van der Waals surface area contributed by atoms with Crippen molar-refractivity contribution in [2.24, 2.45) is 5.14 Å². The first kappa shape index (κ1) is 14.8. The molecule has 0 bridgehead atoms. The van der Waals surface area contributed by atoms with Crippen molar-refractivity contribution in [1.29, 1.82) is 0 Å². The van der Waals surface area contributed by atoms with Crippen LogP contribution in [-0.4, -0.2) is 46.4 Å². The van der Waals surface area contributed by atoms with Crippen molar-refractivity contribution in [3.05, 3.63) is 23.8 Å². The second kappa shape index (κ2) is 5.06. The minimum absolute atomic E-state index is 0.0300. The maximum Gasteiger partial charge on any atom is 0.253 e. The Labute approximate surface area is 119 Å². The van der Waals surface area contributed by atoms with Crippen LogP contribution in [0.3, 0.4) is 0 Å². The Bertz CT molecular complexity index is 636. The van der Waals surface area contributed by atoms with E-state index in [4.69, 9.17) is 5.14 Å². The molecule has 2 rings (SSSR count). The second-order valence-electron chi connectivity index (χ2n) is 5.27. The van der Waals surface area contributed by atoms with Gasteiger partial charge in [-0.2, -0.15) is 0 Å². The van der Waals surface area contributed by atoms with E-state index in [1.54, 1.807) is 43.1 Å². The van der Waals surface area contributed by atoms with Crippen LogP contribution in [0.2, 0.25) is 0 Å². The number of carbonyl (C=O) groups is 1. The molecule has 1 aliphatic carbocycles. The number of nitrogens with zero attached hydrogens (tertiary/aromatic N) is 2. The molecule has 1 saturated carbocycles. The first-order chi connectivity index (χ1) is 9.21. The van der Waals surface area contributed by atoms with Crippen molar-refractivity contribution >= 4 is 21.6 Å². The van der Waals surface area contributed by atoms with Gasteiger partial charge in [-0.3, -0.25) is 4.79 Å². The maximum absolute atomic E-state index is 12.3. The van der Waals surface area contributed by atoms with Crippen LogP contribution < -0.4 is 10.0 Å². The van der Waals surface area contributed by atoms with Gasteiger partial charge in [0.2, 0.25) is 10.0 Å². The van der Waals surface area contributed by atoms with Crippen LogP contribution >= 0.6 is 0 Å². The Morgan fingerprint density at radius 3 is 2.30 bits per heavy atom. The lowest BCUT2D eigenvalue weighted by molar-refractivity contribution is 0.0785. The summed E-state index contributed by atoms with van der Waals surface area (Å²) in [5.41, 5.74) is 0.812. The normalized spacial score (nSPS) is 15.0. The first-order valence-electron chi connectivity index (χ1n) is 6.33. The number of carbonyl (C=O) groups excluding carboxylic acids is 1. The van der Waals surface area contributed by atoms with E-state index in [0.29, 0.717) is 11.3 Å². The number of rotatable bonds is 4. The van der Waals surface area contributed by atoms with Crippen molar-refractivity contribution in [2.45, 2.75) is 23.8 Å². The van der Waals surface area contributed by atoms with Crippen LogP contribution in [0.4, 0.5) is 5.69 Å². The lowest BCUT2D eigenvalue weighted by atomic mass is 10.1. The Morgan fingerprint density at radius 2 is 1.85 bits per heavy atom. The van der Waals surface area contributed by atoms with E-state index in [9.17, 15) is 13.2 Å². The number of amides is 1. The van der Waals surface area contributed by atoms with Crippen LogP contribution in [0.5, 0.6) is 0 Å². The van der Waals surface area contributed by atoms with Crippen LogP contribution in [0.25, 0.3) is 0 Å². The molecule has 0 aromatic heterocycles. The number of sulfonamides is 1. The van der Waals surface area contributed by atoms with Crippen molar-refractivity contribution < 1.29 is 13.2 Å². The van der Waals surface area contributed by atoms with Crippen LogP contribution in [0.15, 0.2) is 23.1 Å². The van der Waals surface area contributed by atoms with E-state index in [1.165, 1.54) is 6.07 Å². The average molecular weight is 297 g/mol. The quantitative estimate of drug-likeness (QED) is 0.883. The van der Waals surface area contributed by atoms with Gasteiger partial charge in [-0.25, -0.2) is 13.6 Å². The molecule has 1 amide bonds. The van der Waals surface area contributed by atoms with Crippen LogP contribution in [0, 0.1) is 0 Å². The topological polar surface area (TPSA) is 83.7 Å². The van der Waals surface area contributed by atoms with E-state index in [2.05, 4.69) is 0 Å². The summed E-state index contributed by atoms with van der Waals surface area (Å²) in [5, 5.41) is 5.23. The minimum Gasteiger partial charge on any atom is -0.377 e. The van der Waals surface area contributed by atoms with Gasteiger partial charge in [-0.05, 0) is 31.0 Å². The molecule has 0 heterocycles. The van der Waals surface area contributed by atoms with Gasteiger partial charge in [0.1, 0.15) is 4.90 Å². The van der Waals surface area contributed by atoms with Gasteiger partial charge >= 0.3 is 0 Å². The monoisotopic (exact) mass is 297 g/mol. The number of hydrogen-bond acceptors (Lipinski definition) is 4. The van der Waals surface area contributed by atoms with Gasteiger partial charge in [0.25, 0.3) is 5.91 Å². The molecule has 7 heteroatoms. The van der Waals surface area contributed by atoms with E-state index < -0.39 is 10.0 Å². The van der Waals surface area contributed by atoms with Gasteiger partial charge in [0.05, 0.1) is 5.69 Å². The Hall–Kier alpha value is -1.60. The number of benzene rings is 1. The first-order valence-corrected chi connectivity index (χ1v) is 7.88. The van der Waals surface area contributed by atoms with Gasteiger partial charge in [-0.15, -0.1) is 0 Å². The summed E-state index contributed by atoms with van der Waals surface area (Å²) in [6.07, 6.45) is 2.00. The fraction of sp³-hybridized carbons (Fsp3) is 0.462. The zero-order valence-corrected chi connectivity index (χ0v) is 12.6. The summed E-state index contributed by atoms with van der Waals surface area (Å²) >= 11 is 0. The molecule has 0 spiro atoms. The van der Waals surface area contributed by atoms with Crippen LogP contribution in [-0.2, 0) is 10.0 Å². The number of nitrogens with two attached hydrogens (primary N) is 1. The smallest absolute Gasteiger partial charge is 0.253 e. The Morgan fingerprint density at radius 1 is 1.25 bits per heavy atom. The zero-order valence-electron chi connectivity index (χ0n) is 11.8. The molecule has 110 valence electrons. The van der Waals surface area contributed by atoms with Crippen molar-refractivity contribution in [2.75, 3.05) is 26.0 Å². The molecule has 6 nitrogen and oxygen atoms in total. The SMILES string of the molecule is CN(C)c1ccc(C(=O)N(C)C2CC2)cc1S(N)(=O)=O. The van der Waals surface area contributed by atoms with Crippen molar-refractivity contribution in [3.8, 4) is 0 Å². The highest BCUT2D eigenvalue weighted by molar-refractivity contribution is 7.89. The highest BCUT2D eigenvalue weighted by atomic mass is 32.2. The third-order valence-corrected chi connectivity index (χ3v) is 4.35. The van der Waals surface area contributed by atoms with Crippen LogP contribution in [0.1, 0.15) is 23.2 Å². The summed E-state index contributed by atoms with van der Waals surface area (Å²) in [6.45, 7) is 0. The van der Waals surface area contributed by atoms with Gasteiger partial charge < -0.3 is 9.80 Å². The fourth-order valence-electron chi connectivity index (χ4n) is 2.08. The maximum atomic E-state index is 12.3. The summed E-state index contributed by atoms with van der Waals surface area (Å²) in [7, 11) is 1.30. The highest BCUT2D eigenvalue weighted by Gasteiger charge is 2.30. The lowest BCUT2D eigenvalue weighted by Crippen LogP contribution is -2.29. The van der Waals surface area contributed by atoms with E-state index in [0.717, 1.165) is 12.8 Å². The average Bonchev–Trinajstić information content (AvgIpc) is 3.19. The van der Waals surface area contributed by atoms with Crippen molar-refractivity contribution in [1.82, 2.24) is 4.90 Å². The molecular weight excluding hydrogens is 278 g/mol. The largest absolute Gasteiger partial charge is 0.377 e. The molecule has 1 fully saturated rings. The third-order valence-electron chi connectivity index (χ3n) is 3.41. The summed E-state index contributed by atoms with van der Waals surface area (Å²) < 4.78 is 23.4. The van der Waals surface area contributed by atoms with Gasteiger partial charge in [0.15, 0.2) is 0 Å². The molecule has 1 aromatic carbocycles. The van der Waals surface area contributed by atoms with E-state index in [1.807, 2.05) is 0 Å².